The van der Waals surface area contributed by atoms with E-state index in [1.165, 1.54) is 0 Å². The lowest BCUT2D eigenvalue weighted by Crippen LogP contribution is -2.43. The van der Waals surface area contributed by atoms with Crippen molar-refractivity contribution in [2.45, 2.75) is 23.8 Å². The molecule has 0 radical (unpaired) electrons. The number of primary amides is 1. The fraction of sp³-hybridized carbons (Fsp3) is 0.800. The molecule has 0 aliphatic heterocycles. The third-order valence-electron chi connectivity index (χ3n) is 1.05. The summed E-state index contributed by atoms with van der Waals surface area (Å²) in [5.74, 6) is 0. The molecule has 2 amide bonds. The van der Waals surface area contributed by atoms with Crippen LogP contribution in [-0.2, 0) is 0 Å². The Hall–Kier alpha value is 0. The van der Waals surface area contributed by atoms with Gasteiger partial charge >= 0.3 is 6.03 Å². The molecule has 0 saturated heterocycles. The molecule has 9 heavy (non-hydrogen) atoms. The summed E-state index contributed by atoms with van der Waals surface area (Å²) in [6.45, 7) is 3.90. The molecule has 4 heteroatoms. The van der Waals surface area contributed by atoms with E-state index in [1.807, 2.05) is 13.8 Å². The van der Waals surface area contributed by atoms with Crippen LogP contribution in [0.3, 0.4) is 0 Å². The largest absolute Gasteiger partial charge is 0.352 e. The zero-order valence-corrected chi connectivity index (χ0v) is 7.73. The van der Waals surface area contributed by atoms with Crippen LogP contribution in [-0.4, -0.2) is 9.58 Å². The van der Waals surface area contributed by atoms with Crippen molar-refractivity contribution in [3.8, 4) is 0 Å². The topological polar surface area (TPSA) is 55.1 Å². The van der Waals surface area contributed by atoms with Crippen LogP contribution in [0, 0.1) is 0 Å². The van der Waals surface area contributed by atoms with Gasteiger partial charge in [-0.25, -0.2) is 4.79 Å². The molecule has 3 nitrogen and oxygen atoms in total. The van der Waals surface area contributed by atoms with Crippen LogP contribution in [0.4, 0.5) is 4.79 Å². The van der Waals surface area contributed by atoms with Gasteiger partial charge in [-0.15, -0.1) is 0 Å². The number of hydrogen-bond donors (Lipinski definition) is 2. The molecular formula is C5H11IN2O. The van der Waals surface area contributed by atoms with Crippen molar-refractivity contribution in [3.05, 3.63) is 0 Å². The number of urea groups is 1. The van der Waals surface area contributed by atoms with E-state index in [1.54, 1.807) is 0 Å². The molecule has 1 atom stereocenters. The number of hydrogen-bond acceptors (Lipinski definition) is 1. The number of nitrogens with two attached hydrogens (primary N) is 1. The summed E-state index contributed by atoms with van der Waals surface area (Å²) in [6.07, 6.45) is 0.872. The zero-order valence-electron chi connectivity index (χ0n) is 5.57. The number of alkyl halides is 1. The lowest BCUT2D eigenvalue weighted by molar-refractivity contribution is 0.245. The highest BCUT2D eigenvalue weighted by Gasteiger charge is 2.17. The van der Waals surface area contributed by atoms with Crippen molar-refractivity contribution in [3.63, 3.8) is 0 Å². The van der Waals surface area contributed by atoms with E-state index in [2.05, 4.69) is 27.9 Å². The summed E-state index contributed by atoms with van der Waals surface area (Å²) in [7, 11) is 0. The van der Waals surface area contributed by atoms with Crippen LogP contribution in [0.15, 0.2) is 0 Å². The second-order valence-electron chi connectivity index (χ2n) is 2.04. The number of amides is 2. The maximum Gasteiger partial charge on any atom is 0.313 e. The van der Waals surface area contributed by atoms with E-state index < -0.39 is 6.03 Å². The predicted molar refractivity (Wildman–Crippen MR) is 45.4 cm³/mol. The van der Waals surface area contributed by atoms with Crippen LogP contribution in [0.2, 0.25) is 0 Å². The van der Waals surface area contributed by atoms with E-state index in [-0.39, 0.29) is 3.55 Å². The molecule has 0 aliphatic carbocycles. The van der Waals surface area contributed by atoms with Gasteiger partial charge < -0.3 is 11.1 Å². The average molecular weight is 242 g/mol. The van der Waals surface area contributed by atoms with Crippen LogP contribution in [0.5, 0.6) is 0 Å². The van der Waals surface area contributed by atoms with E-state index in [4.69, 9.17) is 5.73 Å². The first kappa shape index (κ1) is 9.00. The van der Waals surface area contributed by atoms with Gasteiger partial charge in [0.05, 0.1) is 3.55 Å². The summed E-state index contributed by atoms with van der Waals surface area (Å²) >= 11 is 2.14. The molecule has 0 heterocycles. The van der Waals surface area contributed by atoms with Gasteiger partial charge in [0.2, 0.25) is 0 Å². The number of halogens is 1. The van der Waals surface area contributed by atoms with Crippen molar-refractivity contribution in [2.75, 3.05) is 0 Å². The minimum atomic E-state index is -0.464. The van der Waals surface area contributed by atoms with Gasteiger partial charge in [0.25, 0.3) is 0 Å². The Morgan fingerprint density at radius 3 is 2.44 bits per heavy atom. The third-order valence-corrected chi connectivity index (χ3v) is 2.08. The smallest absolute Gasteiger partial charge is 0.313 e. The highest BCUT2D eigenvalue weighted by atomic mass is 127. The van der Waals surface area contributed by atoms with Gasteiger partial charge in [-0.05, 0) is 13.3 Å². The predicted octanol–water partition coefficient (Wildman–Crippen LogP) is 1.22. The summed E-state index contributed by atoms with van der Waals surface area (Å²) in [4.78, 5) is 10.3. The molecule has 0 aromatic carbocycles. The van der Waals surface area contributed by atoms with Crippen molar-refractivity contribution in [2.24, 2.45) is 5.73 Å². The summed E-state index contributed by atoms with van der Waals surface area (Å²) in [5.41, 5.74) is 4.90. The van der Waals surface area contributed by atoms with Crippen molar-refractivity contribution in [1.29, 1.82) is 0 Å². The Labute approximate surface area is 68.5 Å². The van der Waals surface area contributed by atoms with Gasteiger partial charge in [0, 0.05) is 0 Å². The second kappa shape index (κ2) is 3.24. The Kier molecular flexibility index (Phi) is 3.24. The molecule has 1 unspecified atom stereocenters. The molecule has 0 bridgehead atoms. The number of carbonyl (C=O) groups is 1. The second-order valence-corrected chi connectivity index (χ2v) is 4.42. The minimum absolute atomic E-state index is 0.191. The Balaban J connectivity index is 3.71. The standard InChI is InChI=1S/C5H11IN2O/c1-3-5(2,6)8-4(7)9/h3H2,1-2H3,(H3,7,8,9). The van der Waals surface area contributed by atoms with Crippen molar-refractivity contribution in [1.82, 2.24) is 5.32 Å². The monoisotopic (exact) mass is 242 g/mol. The third kappa shape index (κ3) is 4.50. The van der Waals surface area contributed by atoms with Gasteiger partial charge in [-0.2, -0.15) is 0 Å². The maximum absolute atomic E-state index is 10.3. The average Bonchev–Trinajstić information content (AvgIpc) is 1.63. The maximum atomic E-state index is 10.3. The Morgan fingerprint density at radius 2 is 2.33 bits per heavy atom. The van der Waals surface area contributed by atoms with E-state index in [9.17, 15) is 4.79 Å². The van der Waals surface area contributed by atoms with Crippen molar-refractivity contribution >= 4 is 28.6 Å². The number of carbonyl (C=O) groups excluding carboxylic acids is 1. The molecule has 0 rings (SSSR count). The molecule has 0 spiro atoms. The quantitative estimate of drug-likeness (QED) is 0.427. The first-order valence-corrected chi connectivity index (χ1v) is 3.82. The van der Waals surface area contributed by atoms with Gasteiger partial charge in [0.15, 0.2) is 0 Å². The molecule has 0 aliphatic rings. The molecule has 3 N–H and O–H groups in total. The van der Waals surface area contributed by atoms with Gasteiger partial charge in [-0.1, -0.05) is 29.5 Å². The van der Waals surface area contributed by atoms with Crippen LogP contribution < -0.4 is 11.1 Å². The number of nitrogens with one attached hydrogen (secondary N) is 1. The number of rotatable bonds is 2. The molecule has 0 aromatic heterocycles. The molecule has 0 fully saturated rings. The van der Waals surface area contributed by atoms with Crippen molar-refractivity contribution < 1.29 is 4.79 Å². The van der Waals surface area contributed by atoms with E-state index >= 15 is 0 Å². The summed E-state index contributed by atoms with van der Waals surface area (Å²) in [6, 6.07) is -0.464. The highest BCUT2D eigenvalue weighted by Crippen LogP contribution is 2.16. The fourth-order valence-corrected chi connectivity index (χ4v) is 0.611. The first-order chi connectivity index (χ1) is 3.98. The zero-order chi connectivity index (χ0) is 7.49. The van der Waals surface area contributed by atoms with E-state index in [0.29, 0.717) is 0 Å². The molecule has 54 valence electrons. The normalized spacial score (nSPS) is 16.3. The van der Waals surface area contributed by atoms with Crippen LogP contribution in [0.25, 0.3) is 0 Å². The lowest BCUT2D eigenvalue weighted by Gasteiger charge is -2.20. The Morgan fingerprint density at radius 1 is 1.89 bits per heavy atom. The van der Waals surface area contributed by atoms with Crippen LogP contribution in [0.1, 0.15) is 20.3 Å². The molecule has 0 saturated carbocycles. The molecule has 0 aromatic rings. The van der Waals surface area contributed by atoms with Gasteiger partial charge in [-0.3, -0.25) is 0 Å². The molecular weight excluding hydrogens is 231 g/mol. The fourth-order valence-electron chi connectivity index (χ4n) is 0.345. The first-order valence-electron chi connectivity index (χ1n) is 2.74. The SMILES string of the molecule is CCC(C)(I)NC(N)=O. The highest BCUT2D eigenvalue weighted by molar-refractivity contribution is 14.1. The Bertz CT molecular complexity index is 114. The van der Waals surface area contributed by atoms with Crippen LogP contribution >= 0.6 is 22.6 Å². The minimum Gasteiger partial charge on any atom is -0.352 e. The van der Waals surface area contributed by atoms with Gasteiger partial charge in [0.1, 0.15) is 0 Å². The van der Waals surface area contributed by atoms with E-state index in [0.717, 1.165) is 6.42 Å². The summed E-state index contributed by atoms with van der Waals surface area (Å²) < 4.78 is -0.191. The lowest BCUT2D eigenvalue weighted by atomic mass is 10.3. The summed E-state index contributed by atoms with van der Waals surface area (Å²) in [5, 5.41) is 2.59.